The number of aryl methyl sites for hydroxylation is 1. The van der Waals surface area contributed by atoms with E-state index in [2.05, 4.69) is 32.0 Å². The maximum absolute atomic E-state index is 6.27. The fourth-order valence-corrected chi connectivity index (χ4v) is 3.01. The Morgan fingerprint density at radius 3 is 2.80 bits per heavy atom. The number of halogens is 1. The summed E-state index contributed by atoms with van der Waals surface area (Å²) in [5, 5.41) is 0.751. The van der Waals surface area contributed by atoms with Crippen LogP contribution in [0.15, 0.2) is 30.3 Å². The number of hydrogen-bond donors (Lipinski definition) is 1. The second-order valence-corrected chi connectivity index (χ2v) is 5.81. The molecule has 104 valence electrons. The van der Waals surface area contributed by atoms with Crippen LogP contribution in [0.4, 0.5) is 0 Å². The molecule has 3 rings (SSSR count). The molecule has 0 spiro atoms. The Bertz CT molecular complexity index is 666. The smallest absolute Gasteiger partial charge is 0.131 e. The molecule has 0 bridgehead atoms. The van der Waals surface area contributed by atoms with Crippen LogP contribution in [0.3, 0.4) is 0 Å². The number of rotatable bonds is 2. The first-order chi connectivity index (χ1) is 9.60. The van der Waals surface area contributed by atoms with Crippen LogP contribution in [0.5, 0.6) is 5.75 Å². The molecule has 0 saturated heterocycles. The minimum absolute atomic E-state index is 0.0623. The molecule has 2 aromatic rings. The molecule has 1 atom stereocenters. The Kier molecular flexibility index (Phi) is 3.45. The highest BCUT2D eigenvalue weighted by Crippen LogP contribution is 2.42. The number of nitrogens with two attached hydrogens (primary N) is 1. The first-order valence-electron chi connectivity index (χ1n) is 6.86. The highest BCUT2D eigenvalue weighted by atomic mass is 35.5. The molecule has 0 radical (unpaired) electrons. The zero-order valence-electron chi connectivity index (χ0n) is 11.7. The van der Waals surface area contributed by atoms with Gasteiger partial charge in [-0.15, -0.1) is 0 Å². The van der Waals surface area contributed by atoms with Crippen LogP contribution in [0.2, 0.25) is 5.02 Å². The van der Waals surface area contributed by atoms with Gasteiger partial charge in [-0.2, -0.15) is 0 Å². The zero-order valence-corrected chi connectivity index (χ0v) is 12.5. The molecule has 1 heterocycles. The van der Waals surface area contributed by atoms with Crippen molar-refractivity contribution in [2.45, 2.75) is 26.4 Å². The van der Waals surface area contributed by atoms with Gasteiger partial charge >= 0.3 is 0 Å². The number of hydrogen-bond acceptors (Lipinski definition) is 2. The third-order valence-corrected chi connectivity index (χ3v) is 4.24. The lowest BCUT2D eigenvalue weighted by Gasteiger charge is -2.14. The quantitative estimate of drug-likeness (QED) is 0.909. The van der Waals surface area contributed by atoms with Gasteiger partial charge in [-0.25, -0.2) is 0 Å². The van der Waals surface area contributed by atoms with Gasteiger partial charge in [0.05, 0.1) is 0 Å². The number of benzene rings is 2. The summed E-state index contributed by atoms with van der Waals surface area (Å²) < 4.78 is 6.01. The number of fused-ring (bicyclic) bond motifs is 1. The lowest BCUT2D eigenvalue weighted by molar-refractivity contribution is 0.242. The lowest BCUT2D eigenvalue weighted by Crippen LogP contribution is -2.24. The molecule has 20 heavy (non-hydrogen) atoms. The SMILES string of the molecule is Cc1cccc(-c2cc(Cl)cc3c2OC(CN)C3)c1C. The molecule has 2 nitrogen and oxygen atoms in total. The van der Waals surface area contributed by atoms with Gasteiger partial charge in [-0.05, 0) is 48.2 Å². The average molecular weight is 288 g/mol. The van der Waals surface area contributed by atoms with E-state index in [0.717, 1.165) is 28.3 Å². The van der Waals surface area contributed by atoms with Crippen molar-refractivity contribution < 1.29 is 4.74 Å². The standard InChI is InChI=1S/C17H18ClNO/c1-10-4-3-5-15(11(10)2)16-8-13(18)6-12-7-14(9-19)20-17(12)16/h3-6,8,14H,7,9,19H2,1-2H3. The predicted molar refractivity (Wildman–Crippen MR) is 83.5 cm³/mol. The van der Waals surface area contributed by atoms with Gasteiger partial charge in [0.2, 0.25) is 0 Å². The van der Waals surface area contributed by atoms with Crippen LogP contribution in [0, 0.1) is 13.8 Å². The molecule has 1 unspecified atom stereocenters. The van der Waals surface area contributed by atoms with Crippen molar-refractivity contribution in [2.24, 2.45) is 5.73 Å². The molecule has 0 fully saturated rings. The van der Waals surface area contributed by atoms with Gasteiger partial charge in [0.1, 0.15) is 11.9 Å². The Morgan fingerprint density at radius 1 is 1.25 bits per heavy atom. The first-order valence-corrected chi connectivity index (χ1v) is 7.23. The Morgan fingerprint density at radius 2 is 2.05 bits per heavy atom. The minimum atomic E-state index is 0.0623. The molecule has 2 N–H and O–H groups in total. The normalized spacial score (nSPS) is 16.9. The summed E-state index contributed by atoms with van der Waals surface area (Å²) in [5.41, 5.74) is 11.7. The summed E-state index contributed by atoms with van der Waals surface area (Å²) in [5.74, 6) is 0.943. The van der Waals surface area contributed by atoms with Crippen LogP contribution in [-0.4, -0.2) is 12.6 Å². The molecule has 0 saturated carbocycles. The molecule has 3 heteroatoms. The molecule has 0 amide bonds. The van der Waals surface area contributed by atoms with E-state index in [0.29, 0.717) is 6.54 Å². The van der Waals surface area contributed by atoms with Gasteiger partial charge < -0.3 is 10.5 Å². The molecular weight excluding hydrogens is 270 g/mol. The van der Waals surface area contributed by atoms with Crippen LogP contribution < -0.4 is 10.5 Å². The molecule has 2 aromatic carbocycles. The minimum Gasteiger partial charge on any atom is -0.488 e. The Balaban J connectivity index is 2.18. The van der Waals surface area contributed by atoms with E-state index in [9.17, 15) is 0 Å². The average Bonchev–Trinajstić information content (AvgIpc) is 2.84. The van der Waals surface area contributed by atoms with Gasteiger partial charge in [0.15, 0.2) is 0 Å². The molecular formula is C17H18ClNO. The van der Waals surface area contributed by atoms with E-state index >= 15 is 0 Å². The fourth-order valence-electron chi connectivity index (χ4n) is 2.77. The van der Waals surface area contributed by atoms with Crippen LogP contribution in [0.1, 0.15) is 16.7 Å². The van der Waals surface area contributed by atoms with Crippen molar-refractivity contribution in [3.05, 3.63) is 52.0 Å². The second kappa shape index (κ2) is 5.12. The highest BCUT2D eigenvalue weighted by Gasteiger charge is 2.26. The third-order valence-electron chi connectivity index (χ3n) is 4.02. The van der Waals surface area contributed by atoms with Gasteiger partial charge in [0.25, 0.3) is 0 Å². The maximum atomic E-state index is 6.27. The van der Waals surface area contributed by atoms with Crippen LogP contribution >= 0.6 is 11.6 Å². The fraction of sp³-hybridized carbons (Fsp3) is 0.294. The van der Waals surface area contributed by atoms with E-state index in [1.807, 2.05) is 12.1 Å². The topological polar surface area (TPSA) is 35.2 Å². The Hall–Kier alpha value is -1.51. The summed E-state index contributed by atoms with van der Waals surface area (Å²) in [6.07, 6.45) is 0.900. The largest absolute Gasteiger partial charge is 0.488 e. The van der Waals surface area contributed by atoms with Crippen LogP contribution in [0.25, 0.3) is 11.1 Å². The molecule has 0 aliphatic carbocycles. The van der Waals surface area contributed by atoms with Gasteiger partial charge in [-0.1, -0.05) is 29.8 Å². The van der Waals surface area contributed by atoms with E-state index in [1.54, 1.807) is 0 Å². The second-order valence-electron chi connectivity index (χ2n) is 5.37. The molecule has 1 aliphatic rings. The summed E-state index contributed by atoms with van der Waals surface area (Å²) in [4.78, 5) is 0. The summed E-state index contributed by atoms with van der Waals surface area (Å²) >= 11 is 6.27. The van der Waals surface area contributed by atoms with E-state index in [4.69, 9.17) is 22.1 Å². The van der Waals surface area contributed by atoms with Crippen LogP contribution in [-0.2, 0) is 6.42 Å². The highest BCUT2D eigenvalue weighted by molar-refractivity contribution is 6.31. The maximum Gasteiger partial charge on any atom is 0.131 e. The summed E-state index contributed by atoms with van der Waals surface area (Å²) in [7, 11) is 0. The van der Waals surface area contributed by atoms with Gasteiger partial charge in [0, 0.05) is 23.6 Å². The zero-order chi connectivity index (χ0) is 14.3. The molecule has 1 aliphatic heterocycles. The summed E-state index contributed by atoms with van der Waals surface area (Å²) in [6.45, 7) is 4.78. The molecule has 0 aromatic heterocycles. The van der Waals surface area contributed by atoms with Crippen molar-refractivity contribution in [3.8, 4) is 16.9 Å². The van der Waals surface area contributed by atoms with E-state index < -0.39 is 0 Å². The van der Waals surface area contributed by atoms with Crippen molar-refractivity contribution in [2.75, 3.05) is 6.54 Å². The number of ether oxygens (including phenoxy) is 1. The predicted octanol–water partition coefficient (Wildman–Crippen LogP) is 3.89. The van der Waals surface area contributed by atoms with Crippen molar-refractivity contribution in [1.82, 2.24) is 0 Å². The lowest BCUT2D eigenvalue weighted by atomic mass is 9.95. The Labute approximate surface area is 124 Å². The van der Waals surface area contributed by atoms with Gasteiger partial charge in [-0.3, -0.25) is 0 Å². The monoisotopic (exact) mass is 287 g/mol. The van der Waals surface area contributed by atoms with Crippen molar-refractivity contribution in [3.63, 3.8) is 0 Å². The van der Waals surface area contributed by atoms with E-state index in [-0.39, 0.29) is 6.10 Å². The van der Waals surface area contributed by atoms with Crippen molar-refractivity contribution in [1.29, 1.82) is 0 Å². The third kappa shape index (κ3) is 2.19. The first kappa shape index (κ1) is 13.5. The van der Waals surface area contributed by atoms with E-state index in [1.165, 1.54) is 16.7 Å². The van der Waals surface area contributed by atoms with Crippen molar-refractivity contribution >= 4 is 11.6 Å². The summed E-state index contributed by atoms with van der Waals surface area (Å²) in [6, 6.07) is 10.3.